The van der Waals surface area contributed by atoms with Crippen molar-refractivity contribution < 1.29 is 9.50 Å². The van der Waals surface area contributed by atoms with Gasteiger partial charge in [0.05, 0.1) is 10.6 Å². The highest BCUT2D eigenvalue weighted by Crippen LogP contribution is 2.25. The summed E-state index contributed by atoms with van der Waals surface area (Å²) in [7, 11) is 0. The second-order valence-corrected chi connectivity index (χ2v) is 5.36. The van der Waals surface area contributed by atoms with Gasteiger partial charge in [-0.3, -0.25) is 4.90 Å². The van der Waals surface area contributed by atoms with E-state index < -0.39 is 5.60 Å². The monoisotopic (exact) mass is 257 g/mol. The lowest BCUT2D eigenvalue weighted by Gasteiger charge is -2.35. The molecular weight excluding hydrogens is 241 g/mol. The minimum absolute atomic E-state index is 0.213. The van der Waals surface area contributed by atoms with Gasteiger partial charge in [0.2, 0.25) is 0 Å². The lowest BCUT2D eigenvalue weighted by atomic mass is 9.93. The van der Waals surface area contributed by atoms with Crippen LogP contribution in [0.2, 0.25) is 5.02 Å². The number of likely N-dealkylation sites (tertiary alicyclic amines) is 1. The number of hydrogen-bond donors (Lipinski definition) is 1. The summed E-state index contributed by atoms with van der Waals surface area (Å²) in [5.41, 5.74) is 0.260. The normalized spacial score (nSPS) is 20.5. The van der Waals surface area contributed by atoms with Gasteiger partial charge in [-0.25, -0.2) is 4.39 Å². The first kappa shape index (κ1) is 12.8. The van der Waals surface area contributed by atoms with Crippen molar-refractivity contribution in [2.45, 2.75) is 31.9 Å². The molecule has 4 heteroatoms. The number of benzene rings is 1. The molecule has 1 N–H and O–H groups in total. The van der Waals surface area contributed by atoms with Gasteiger partial charge in [-0.15, -0.1) is 0 Å². The van der Waals surface area contributed by atoms with Crippen molar-refractivity contribution in [1.29, 1.82) is 0 Å². The van der Waals surface area contributed by atoms with Gasteiger partial charge in [0.15, 0.2) is 0 Å². The van der Waals surface area contributed by atoms with Gasteiger partial charge in [-0.05, 0) is 31.4 Å². The number of halogens is 2. The number of piperidine rings is 1. The molecule has 17 heavy (non-hydrogen) atoms. The van der Waals surface area contributed by atoms with Gasteiger partial charge in [0.25, 0.3) is 0 Å². The molecule has 1 aliphatic rings. The van der Waals surface area contributed by atoms with Gasteiger partial charge in [0, 0.05) is 19.6 Å². The predicted octanol–water partition coefficient (Wildman–Crippen LogP) is 2.83. The molecule has 1 fully saturated rings. The molecule has 1 saturated heterocycles. The summed E-state index contributed by atoms with van der Waals surface area (Å²) in [6.07, 6.45) is 1.50. The zero-order valence-corrected chi connectivity index (χ0v) is 10.7. The van der Waals surface area contributed by atoms with Gasteiger partial charge >= 0.3 is 0 Å². The minimum Gasteiger partial charge on any atom is -0.390 e. The first-order valence-corrected chi connectivity index (χ1v) is 6.23. The predicted molar refractivity (Wildman–Crippen MR) is 66.5 cm³/mol. The van der Waals surface area contributed by atoms with Crippen molar-refractivity contribution in [2.75, 3.05) is 13.1 Å². The van der Waals surface area contributed by atoms with Gasteiger partial charge in [-0.2, -0.15) is 0 Å². The molecule has 1 aromatic carbocycles. The Balaban J connectivity index is 2.00. The van der Waals surface area contributed by atoms with E-state index in [1.807, 2.05) is 13.0 Å². The summed E-state index contributed by atoms with van der Waals surface area (Å²) in [5, 5.41) is 10.1. The molecule has 1 heterocycles. The molecule has 0 bridgehead atoms. The Bertz CT molecular complexity index is 398. The fraction of sp³-hybridized carbons (Fsp3) is 0.538. The Morgan fingerprint density at radius 3 is 2.71 bits per heavy atom. The molecule has 0 radical (unpaired) electrons. The van der Waals surface area contributed by atoms with Crippen LogP contribution in [0.15, 0.2) is 18.2 Å². The summed E-state index contributed by atoms with van der Waals surface area (Å²) in [5.74, 6) is -0.367. The lowest BCUT2D eigenvalue weighted by Crippen LogP contribution is -2.42. The van der Waals surface area contributed by atoms with Crippen LogP contribution in [0.25, 0.3) is 0 Å². The van der Waals surface area contributed by atoms with Crippen molar-refractivity contribution in [1.82, 2.24) is 4.90 Å². The highest BCUT2D eigenvalue weighted by Gasteiger charge is 2.27. The molecule has 94 valence electrons. The molecule has 2 rings (SSSR count). The quantitative estimate of drug-likeness (QED) is 0.881. The highest BCUT2D eigenvalue weighted by atomic mass is 35.5. The summed E-state index contributed by atoms with van der Waals surface area (Å²) < 4.78 is 13.3. The fourth-order valence-electron chi connectivity index (χ4n) is 2.10. The average Bonchev–Trinajstić information content (AvgIpc) is 2.27. The highest BCUT2D eigenvalue weighted by molar-refractivity contribution is 6.31. The van der Waals surface area contributed by atoms with Crippen molar-refractivity contribution >= 4 is 11.6 Å². The molecule has 1 aromatic rings. The fourth-order valence-corrected chi connectivity index (χ4v) is 2.29. The Kier molecular flexibility index (Phi) is 3.71. The van der Waals surface area contributed by atoms with E-state index in [9.17, 15) is 9.50 Å². The Morgan fingerprint density at radius 2 is 2.06 bits per heavy atom. The first-order chi connectivity index (χ1) is 7.98. The third kappa shape index (κ3) is 3.18. The molecule has 0 unspecified atom stereocenters. The average molecular weight is 258 g/mol. The van der Waals surface area contributed by atoms with E-state index in [0.717, 1.165) is 31.5 Å². The van der Waals surface area contributed by atoms with Crippen molar-refractivity contribution in [3.05, 3.63) is 34.6 Å². The minimum atomic E-state index is -0.553. The molecule has 0 saturated carbocycles. The standard InChI is InChI=1S/C13H17ClFNO/c1-13(17)5-7-16(8-6-13)9-10-3-2-4-11(15)12(10)14/h2-4,17H,5-9H2,1H3. The second-order valence-electron chi connectivity index (χ2n) is 4.99. The molecule has 0 atom stereocenters. The molecule has 1 aliphatic heterocycles. The topological polar surface area (TPSA) is 23.5 Å². The van der Waals surface area contributed by atoms with E-state index in [2.05, 4.69) is 4.90 Å². The van der Waals surface area contributed by atoms with Crippen molar-refractivity contribution in [3.63, 3.8) is 0 Å². The Morgan fingerprint density at radius 1 is 1.41 bits per heavy atom. The molecule has 0 aliphatic carbocycles. The number of nitrogens with zero attached hydrogens (tertiary/aromatic N) is 1. The molecule has 0 aromatic heterocycles. The molecule has 2 nitrogen and oxygen atoms in total. The summed E-state index contributed by atoms with van der Waals surface area (Å²) in [6.45, 7) is 4.14. The second kappa shape index (κ2) is 4.92. The maximum absolute atomic E-state index is 13.3. The summed E-state index contributed by atoms with van der Waals surface area (Å²) in [4.78, 5) is 2.19. The van der Waals surface area contributed by atoms with Crippen LogP contribution in [-0.4, -0.2) is 28.7 Å². The first-order valence-electron chi connectivity index (χ1n) is 5.85. The number of rotatable bonds is 2. The smallest absolute Gasteiger partial charge is 0.142 e. The van der Waals surface area contributed by atoms with Crippen LogP contribution in [0.1, 0.15) is 25.3 Å². The third-order valence-corrected chi connectivity index (χ3v) is 3.78. The van der Waals surface area contributed by atoms with Crippen LogP contribution in [0.4, 0.5) is 4.39 Å². The van der Waals surface area contributed by atoms with Crippen LogP contribution in [0.3, 0.4) is 0 Å². The zero-order valence-electron chi connectivity index (χ0n) is 9.92. The maximum Gasteiger partial charge on any atom is 0.142 e. The van der Waals surface area contributed by atoms with Crippen molar-refractivity contribution in [3.8, 4) is 0 Å². The Hall–Kier alpha value is -0.640. The van der Waals surface area contributed by atoms with E-state index in [0.29, 0.717) is 6.54 Å². The molecule has 0 spiro atoms. The van der Waals surface area contributed by atoms with Crippen LogP contribution in [0.5, 0.6) is 0 Å². The van der Waals surface area contributed by atoms with Gasteiger partial charge in [0.1, 0.15) is 5.82 Å². The zero-order chi connectivity index (χ0) is 12.5. The third-order valence-electron chi connectivity index (χ3n) is 3.36. The molecule has 0 amide bonds. The van der Waals surface area contributed by atoms with E-state index in [1.165, 1.54) is 6.07 Å². The van der Waals surface area contributed by atoms with Crippen LogP contribution < -0.4 is 0 Å². The summed E-state index contributed by atoms with van der Waals surface area (Å²) >= 11 is 5.92. The SMILES string of the molecule is CC1(O)CCN(Cc2cccc(F)c2Cl)CC1. The summed E-state index contributed by atoms with van der Waals surface area (Å²) in [6, 6.07) is 4.89. The van der Waals surface area contributed by atoms with Crippen LogP contribution in [0, 0.1) is 5.82 Å². The lowest BCUT2D eigenvalue weighted by molar-refractivity contribution is -0.00731. The van der Waals surface area contributed by atoms with E-state index >= 15 is 0 Å². The van der Waals surface area contributed by atoms with Gasteiger partial charge < -0.3 is 5.11 Å². The Labute approximate surface area is 106 Å². The van der Waals surface area contributed by atoms with E-state index in [-0.39, 0.29) is 10.8 Å². The number of aliphatic hydroxyl groups is 1. The van der Waals surface area contributed by atoms with Gasteiger partial charge in [-0.1, -0.05) is 23.7 Å². The maximum atomic E-state index is 13.3. The van der Waals surface area contributed by atoms with E-state index in [4.69, 9.17) is 11.6 Å². The van der Waals surface area contributed by atoms with Crippen LogP contribution in [-0.2, 0) is 6.54 Å². The number of hydrogen-bond acceptors (Lipinski definition) is 2. The van der Waals surface area contributed by atoms with Crippen LogP contribution >= 0.6 is 11.6 Å². The largest absolute Gasteiger partial charge is 0.390 e. The van der Waals surface area contributed by atoms with E-state index in [1.54, 1.807) is 6.07 Å². The van der Waals surface area contributed by atoms with Crippen molar-refractivity contribution in [2.24, 2.45) is 0 Å². The molecular formula is C13H17ClFNO.